The van der Waals surface area contributed by atoms with Crippen molar-refractivity contribution in [1.82, 2.24) is 10.6 Å². The molecular weight excluding hydrogens is 176 g/mol. The minimum absolute atomic E-state index is 0.0478. The molecule has 0 aromatic rings. The fourth-order valence-corrected chi connectivity index (χ4v) is 2.21. The lowest BCUT2D eigenvalue weighted by molar-refractivity contribution is 0.227. The molecule has 2 aliphatic rings. The van der Waals surface area contributed by atoms with Crippen molar-refractivity contribution in [2.45, 2.75) is 57.5 Å². The number of nitrogens with one attached hydrogen (secondary N) is 2. The van der Waals surface area contributed by atoms with Crippen molar-refractivity contribution < 1.29 is 4.79 Å². The third-order valence-corrected chi connectivity index (χ3v) is 3.18. The fourth-order valence-electron chi connectivity index (χ4n) is 2.21. The van der Waals surface area contributed by atoms with Crippen molar-refractivity contribution in [2.24, 2.45) is 5.92 Å². The van der Waals surface area contributed by atoms with E-state index < -0.39 is 0 Å². The maximum absolute atomic E-state index is 11.4. The predicted molar refractivity (Wildman–Crippen MR) is 56.1 cm³/mol. The van der Waals surface area contributed by atoms with Crippen LogP contribution in [0.4, 0.5) is 4.79 Å². The molecule has 14 heavy (non-hydrogen) atoms. The summed E-state index contributed by atoms with van der Waals surface area (Å²) in [6.45, 7) is 2.27. The van der Waals surface area contributed by atoms with E-state index in [0.29, 0.717) is 12.1 Å². The van der Waals surface area contributed by atoms with Gasteiger partial charge in [-0.05, 0) is 31.6 Å². The van der Waals surface area contributed by atoms with E-state index in [9.17, 15) is 4.79 Å². The molecule has 2 amide bonds. The summed E-state index contributed by atoms with van der Waals surface area (Å²) >= 11 is 0. The molecule has 2 unspecified atom stereocenters. The van der Waals surface area contributed by atoms with Crippen LogP contribution in [0.5, 0.6) is 0 Å². The van der Waals surface area contributed by atoms with Gasteiger partial charge >= 0.3 is 6.03 Å². The van der Waals surface area contributed by atoms with Crippen LogP contribution in [0.15, 0.2) is 0 Å². The van der Waals surface area contributed by atoms with Gasteiger partial charge < -0.3 is 10.6 Å². The number of rotatable bonds is 2. The molecule has 3 nitrogen and oxygen atoms in total. The van der Waals surface area contributed by atoms with Crippen molar-refractivity contribution in [2.75, 3.05) is 0 Å². The highest BCUT2D eigenvalue weighted by atomic mass is 16.2. The van der Waals surface area contributed by atoms with Gasteiger partial charge in [0, 0.05) is 12.1 Å². The van der Waals surface area contributed by atoms with Crippen LogP contribution in [0.1, 0.15) is 45.4 Å². The van der Waals surface area contributed by atoms with Gasteiger partial charge in [-0.3, -0.25) is 0 Å². The third-order valence-electron chi connectivity index (χ3n) is 3.18. The maximum atomic E-state index is 11.4. The van der Waals surface area contributed by atoms with Crippen molar-refractivity contribution in [3.05, 3.63) is 0 Å². The molecular formula is C11H20N2O. The molecule has 2 aliphatic carbocycles. The Morgan fingerprint density at radius 1 is 1.07 bits per heavy atom. The topological polar surface area (TPSA) is 41.1 Å². The van der Waals surface area contributed by atoms with Crippen molar-refractivity contribution in [1.29, 1.82) is 0 Å². The first kappa shape index (κ1) is 9.81. The van der Waals surface area contributed by atoms with Gasteiger partial charge in [-0.1, -0.05) is 19.8 Å². The monoisotopic (exact) mass is 196 g/mol. The van der Waals surface area contributed by atoms with E-state index in [-0.39, 0.29) is 6.03 Å². The standard InChI is InChI=1S/C11H20N2O/c1-8-3-2-4-10(7-8)13-11(14)12-9-5-6-9/h8-10H,2-7H2,1H3,(H2,12,13,14). The van der Waals surface area contributed by atoms with Crippen LogP contribution >= 0.6 is 0 Å². The first-order valence-electron chi connectivity index (χ1n) is 5.81. The quantitative estimate of drug-likeness (QED) is 0.697. The first-order chi connectivity index (χ1) is 6.74. The molecule has 0 aromatic heterocycles. The lowest BCUT2D eigenvalue weighted by atomic mass is 9.87. The molecule has 0 radical (unpaired) electrons. The second-order valence-electron chi connectivity index (χ2n) is 4.86. The normalized spacial score (nSPS) is 32.4. The van der Waals surface area contributed by atoms with E-state index >= 15 is 0 Å². The Balaban J connectivity index is 1.69. The highest BCUT2D eigenvalue weighted by Gasteiger charge is 2.25. The number of carbonyl (C=O) groups excluding carboxylic acids is 1. The minimum Gasteiger partial charge on any atom is -0.335 e. The molecule has 2 atom stereocenters. The van der Waals surface area contributed by atoms with Crippen LogP contribution in [-0.2, 0) is 0 Å². The lowest BCUT2D eigenvalue weighted by Crippen LogP contribution is -2.44. The zero-order valence-electron chi connectivity index (χ0n) is 8.88. The van der Waals surface area contributed by atoms with Crippen LogP contribution in [0, 0.1) is 5.92 Å². The zero-order valence-corrected chi connectivity index (χ0v) is 8.88. The van der Waals surface area contributed by atoms with Gasteiger partial charge in [-0.25, -0.2) is 4.79 Å². The second-order valence-corrected chi connectivity index (χ2v) is 4.86. The number of urea groups is 1. The Labute approximate surface area is 85.6 Å². The molecule has 0 bridgehead atoms. The number of hydrogen-bond donors (Lipinski definition) is 2. The van der Waals surface area contributed by atoms with Gasteiger partial charge in [0.15, 0.2) is 0 Å². The molecule has 2 saturated carbocycles. The summed E-state index contributed by atoms with van der Waals surface area (Å²) in [5.41, 5.74) is 0. The van der Waals surface area contributed by atoms with Crippen LogP contribution in [0.3, 0.4) is 0 Å². The Morgan fingerprint density at radius 3 is 2.43 bits per heavy atom. The van der Waals surface area contributed by atoms with Crippen molar-refractivity contribution >= 4 is 6.03 Å². The average Bonchev–Trinajstić information content (AvgIpc) is 2.87. The summed E-state index contributed by atoms with van der Waals surface area (Å²) in [7, 11) is 0. The van der Waals surface area contributed by atoms with Crippen LogP contribution < -0.4 is 10.6 Å². The highest BCUT2D eigenvalue weighted by molar-refractivity contribution is 5.74. The number of amides is 2. The van der Waals surface area contributed by atoms with Gasteiger partial charge in [0.2, 0.25) is 0 Å². The third kappa shape index (κ3) is 2.89. The molecule has 0 aromatic carbocycles. The molecule has 0 heterocycles. The van der Waals surface area contributed by atoms with Crippen LogP contribution in [0.25, 0.3) is 0 Å². The van der Waals surface area contributed by atoms with Gasteiger partial charge in [0.25, 0.3) is 0 Å². The zero-order chi connectivity index (χ0) is 9.97. The van der Waals surface area contributed by atoms with E-state index in [0.717, 1.165) is 31.6 Å². The van der Waals surface area contributed by atoms with Gasteiger partial charge in [-0.2, -0.15) is 0 Å². The highest BCUT2D eigenvalue weighted by Crippen LogP contribution is 2.23. The molecule has 80 valence electrons. The summed E-state index contributed by atoms with van der Waals surface area (Å²) in [5, 5.41) is 6.04. The van der Waals surface area contributed by atoms with Crippen molar-refractivity contribution in [3.8, 4) is 0 Å². The summed E-state index contributed by atoms with van der Waals surface area (Å²) in [6.07, 6.45) is 7.21. The molecule has 0 spiro atoms. The smallest absolute Gasteiger partial charge is 0.315 e. The molecule has 0 aliphatic heterocycles. The molecule has 0 saturated heterocycles. The Kier molecular flexibility index (Phi) is 2.94. The Bertz CT molecular complexity index is 213. The summed E-state index contributed by atoms with van der Waals surface area (Å²) in [4.78, 5) is 11.4. The predicted octanol–water partition coefficient (Wildman–Crippen LogP) is 2.03. The van der Waals surface area contributed by atoms with E-state index in [1.807, 2.05) is 0 Å². The lowest BCUT2D eigenvalue weighted by Gasteiger charge is -2.27. The van der Waals surface area contributed by atoms with E-state index in [1.54, 1.807) is 0 Å². The van der Waals surface area contributed by atoms with E-state index in [4.69, 9.17) is 0 Å². The van der Waals surface area contributed by atoms with Crippen molar-refractivity contribution in [3.63, 3.8) is 0 Å². The SMILES string of the molecule is CC1CCCC(NC(=O)NC2CC2)C1. The van der Waals surface area contributed by atoms with Gasteiger partial charge in [0.05, 0.1) is 0 Å². The summed E-state index contributed by atoms with van der Waals surface area (Å²) in [6, 6.07) is 0.931. The van der Waals surface area contributed by atoms with Crippen LogP contribution in [0.2, 0.25) is 0 Å². The van der Waals surface area contributed by atoms with Gasteiger partial charge in [-0.15, -0.1) is 0 Å². The van der Waals surface area contributed by atoms with Gasteiger partial charge in [0.1, 0.15) is 0 Å². The molecule has 3 heteroatoms. The van der Waals surface area contributed by atoms with E-state index in [1.165, 1.54) is 12.8 Å². The fraction of sp³-hybridized carbons (Fsp3) is 0.909. The first-order valence-corrected chi connectivity index (χ1v) is 5.81. The van der Waals surface area contributed by atoms with E-state index in [2.05, 4.69) is 17.6 Å². The van der Waals surface area contributed by atoms with Crippen LogP contribution in [-0.4, -0.2) is 18.1 Å². The number of carbonyl (C=O) groups is 1. The summed E-state index contributed by atoms with van der Waals surface area (Å²) < 4.78 is 0. The maximum Gasteiger partial charge on any atom is 0.315 e. The average molecular weight is 196 g/mol. The summed E-state index contributed by atoms with van der Waals surface area (Å²) in [5.74, 6) is 0.773. The Hall–Kier alpha value is -0.730. The minimum atomic E-state index is 0.0478. The largest absolute Gasteiger partial charge is 0.335 e. The molecule has 2 rings (SSSR count). The molecule has 2 N–H and O–H groups in total. The second kappa shape index (κ2) is 4.20. The number of hydrogen-bond acceptors (Lipinski definition) is 1. The molecule has 2 fully saturated rings. The Morgan fingerprint density at radius 2 is 1.79 bits per heavy atom.